The third kappa shape index (κ3) is 2.79. The molecule has 1 N–H and O–H groups in total. The van der Waals surface area contributed by atoms with Gasteiger partial charge in [0.15, 0.2) is 0 Å². The largest absolute Gasteiger partial charge is 0.337 e. The summed E-state index contributed by atoms with van der Waals surface area (Å²) >= 11 is 0. The van der Waals surface area contributed by atoms with Gasteiger partial charge in [-0.15, -0.1) is 0 Å². The van der Waals surface area contributed by atoms with Crippen LogP contribution in [0.3, 0.4) is 0 Å². The molecule has 96 valence electrons. The average Bonchev–Trinajstić information content (AvgIpc) is 2.75. The molecule has 1 aromatic carbocycles. The van der Waals surface area contributed by atoms with Gasteiger partial charge in [-0.3, -0.25) is 0 Å². The van der Waals surface area contributed by atoms with Gasteiger partial charge in [-0.2, -0.15) is 0 Å². The van der Waals surface area contributed by atoms with Gasteiger partial charge < -0.3 is 9.88 Å². The Morgan fingerprint density at radius 1 is 1.22 bits per heavy atom. The molecular weight excluding hydrogens is 222 g/mol. The average molecular weight is 243 g/mol. The minimum absolute atomic E-state index is 0.237. The smallest absolute Gasteiger partial charge is 0.125 e. The van der Waals surface area contributed by atoms with E-state index in [1.165, 1.54) is 11.1 Å². The second kappa shape index (κ2) is 5.36. The maximum Gasteiger partial charge on any atom is 0.125 e. The van der Waals surface area contributed by atoms with Crippen LogP contribution < -0.4 is 5.32 Å². The molecule has 0 bridgehead atoms. The molecule has 18 heavy (non-hydrogen) atoms. The Balaban J connectivity index is 2.08. The van der Waals surface area contributed by atoms with Crippen LogP contribution in [0.4, 0.5) is 0 Å². The van der Waals surface area contributed by atoms with Crippen molar-refractivity contribution in [2.24, 2.45) is 7.05 Å². The summed E-state index contributed by atoms with van der Waals surface area (Å²) in [5, 5.41) is 3.58. The number of hydrogen-bond donors (Lipinski definition) is 1. The Hall–Kier alpha value is -1.61. The van der Waals surface area contributed by atoms with E-state index in [0.29, 0.717) is 6.04 Å². The highest BCUT2D eigenvalue weighted by Crippen LogP contribution is 2.18. The Bertz CT molecular complexity index is 516. The number of nitrogens with zero attached hydrogens (tertiary/aromatic N) is 2. The van der Waals surface area contributed by atoms with E-state index in [4.69, 9.17) is 0 Å². The monoisotopic (exact) mass is 243 g/mol. The number of imidazole rings is 1. The molecule has 3 nitrogen and oxygen atoms in total. The first kappa shape index (κ1) is 12.8. The fraction of sp³-hybridized carbons (Fsp3) is 0.400. The van der Waals surface area contributed by atoms with E-state index in [-0.39, 0.29) is 6.04 Å². The van der Waals surface area contributed by atoms with Crippen molar-refractivity contribution in [2.75, 3.05) is 0 Å². The topological polar surface area (TPSA) is 29.9 Å². The van der Waals surface area contributed by atoms with Gasteiger partial charge in [0.25, 0.3) is 0 Å². The fourth-order valence-corrected chi connectivity index (χ4v) is 2.28. The summed E-state index contributed by atoms with van der Waals surface area (Å²) in [6, 6.07) is 9.17. The second-order valence-electron chi connectivity index (χ2n) is 4.92. The van der Waals surface area contributed by atoms with E-state index in [1.807, 2.05) is 19.4 Å². The molecule has 0 aliphatic rings. The zero-order valence-electron chi connectivity index (χ0n) is 11.5. The predicted octanol–water partition coefficient (Wildman–Crippen LogP) is 3.14. The summed E-state index contributed by atoms with van der Waals surface area (Å²) < 4.78 is 2.06. The van der Waals surface area contributed by atoms with Gasteiger partial charge >= 0.3 is 0 Å². The highest BCUT2D eigenvalue weighted by molar-refractivity contribution is 5.24. The Morgan fingerprint density at radius 2 is 2.00 bits per heavy atom. The van der Waals surface area contributed by atoms with Gasteiger partial charge in [0.05, 0.1) is 6.04 Å². The quantitative estimate of drug-likeness (QED) is 0.894. The van der Waals surface area contributed by atoms with Crippen molar-refractivity contribution in [1.82, 2.24) is 14.9 Å². The van der Waals surface area contributed by atoms with E-state index in [9.17, 15) is 0 Å². The zero-order chi connectivity index (χ0) is 13.1. The molecule has 0 radical (unpaired) electrons. The van der Waals surface area contributed by atoms with Crippen LogP contribution in [0.15, 0.2) is 36.7 Å². The summed E-state index contributed by atoms with van der Waals surface area (Å²) in [5.41, 5.74) is 2.61. The number of rotatable bonds is 4. The van der Waals surface area contributed by atoms with Crippen LogP contribution in [0.5, 0.6) is 0 Å². The molecule has 0 saturated carbocycles. The van der Waals surface area contributed by atoms with Crippen LogP contribution >= 0.6 is 0 Å². The first-order chi connectivity index (χ1) is 8.58. The molecule has 2 rings (SSSR count). The molecule has 1 heterocycles. The number of aromatic nitrogens is 2. The lowest BCUT2D eigenvalue weighted by atomic mass is 10.1. The summed E-state index contributed by atoms with van der Waals surface area (Å²) in [6.45, 7) is 6.46. The molecule has 0 aliphatic carbocycles. The van der Waals surface area contributed by atoms with Crippen LogP contribution in [-0.2, 0) is 7.05 Å². The number of aryl methyl sites for hydroxylation is 2. The maximum atomic E-state index is 4.38. The Labute approximate surface area is 109 Å². The molecule has 3 heteroatoms. The van der Waals surface area contributed by atoms with E-state index in [2.05, 4.69) is 59.9 Å². The van der Waals surface area contributed by atoms with Gasteiger partial charge in [-0.25, -0.2) is 4.98 Å². The molecule has 0 fully saturated rings. The van der Waals surface area contributed by atoms with Gasteiger partial charge in [-0.05, 0) is 26.3 Å². The van der Waals surface area contributed by atoms with Crippen LogP contribution in [0.1, 0.15) is 42.9 Å². The molecule has 2 atom stereocenters. The minimum atomic E-state index is 0.237. The molecule has 1 aromatic heterocycles. The standard InChI is InChI=1S/C15H21N3/c1-11-6-5-7-14(10-11)12(2)17-13(3)15-16-8-9-18(15)4/h5-10,12-13,17H,1-4H3/t12-,13?/m1/s1. The van der Waals surface area contributed by atoms with Crippen molar-refractivity contribution in [3.05, 3.63) is 53.6 Å². The van der Waals surface area contributed by atoms with Crippen molar-refractivity contribution in [3.8, 4) is 0 Å². The van der Waals surface area contributed by atoms with E-state index >= 15 is 0 Å². The fourth-order valence-electron chi connectivity index (χ4n) is 2.28. The van der Waals surface area contributed by atoms with Crippen molar-refractivity contribution >= 4 is 0 Å². The van der Waals surface area contributed by atoms with Crippen molar-refractivity contribution in [1.29, 1.82) is 0 Å². The van der Waals surface area contributed by atoms with Crippen LogP contribution in [-0.4, -0.2) is 9.55 Å². The molecule has 0 aliphatic heterocycles. The second-order valence-corrected chi connectivity index (χ2v) is 4.92. The van der Waals surface area contributed by atoms with Gasteiger partial charge in [-0.1, -0.05) is 29.8 Å². The molecule has 2 aromatic rings. The summed E-state index contributed by atoms with van der Waals surface area (Å²) in [6.07, 6.45) is 3.82. The maximum absolute atomic E-state index is 4.38. The first-order valence-electron chi connectivity index (χ1n) is 6.37. The van der Waals surface area contributed by atoms with Crippen LogP contribution in [0.25, 0.3) is 0 Å². The number of nitrogens with one attached hydrogen (secondary N) is 1. The van der Waals surface area contributed by atoms with E-state index < -0.39 is 0 Å². The molecule has 1 unspecified atom stereocenters. The highest BCUT2D eigenvalue weighted by Gasteiger charge is 2.14. The lowest BCUT2D eigenvalue weighted by Crippen LogP contribution is -2.24. The highest BCUT2D eigenvalue weighted by atomic mass is 15.1. The van der Waals surface area contributed by atoms with Gasteiger partial charge in [0.1, 0.15) is 5.82 Å². The lowest BCUT2D eigenvalue weighted by Gasteiger charge is -2.20. The molecule has 0 saturated heterocycles. The Morgan fingerprint density at radius 3 is 2.61 bits per heavy atom. The summed E-state index contributed by atoms with van der Waals surface area (Å²) in [7, 11) is 2.03. The van der Waals surface area contributed by atoms with Crippen LogP contribution in [0, 0.1) is 6.92 Å². The van der Waals surface area contributed by atoms with Gasteiger partial charge in [0, 0.05) is 25.5 Å². The predicted molar refractivity (Wildman–Crippen MR) is 74.4 cm³/mol. The van der Waals surface area contributed by atoms with E-state index in [1.54, 1.807) is 0 Å². The zero-order valence-corrected chi connectivity index (χ0v) is 11.5. The Kier molecular flexibility index (Phi) is 3.82. The number of benzene rings is 1. The van der Waals surface area contributed by atoms with Crippen molar-refractivity contribution in [3.63, 3.8) is 0 Å². The molecule has 0 amide bonds. The van der Waals surface area contributed by atoms with Crippen molar-refractivity contribution in [2.45, 2.75) is 32.9 Å². The molecular formula is C15H21N3. The molecule has 0 spiro atoms. The van der Waals surface area contributed by atoms with Gasteiger partial charge in [0.2, 0.25) is 0 Å². The third-order valence-corrected chi connectivity index (χ3v) is 3.29. The third-order valence-electron chi connectivity index (χ3n) is 3.29. The summed E-state index contributed by atoms with van der Waals surface area (Å²) in [5.74, 6) is 1.06. The SMILES string of the molecule is Cc1cccc([C@@H](C)NC(C)c2nccn2C)c1. The lowest BCUT2D eigenvalue weighted by molar-refractivity contribution is 0.467. The summed E-state index contributed by atoms with van der Waals surface area (Å²) in [4.78, 5) is 4.38. The normalized spacial score (nSPS) is 14.4. The van der Waals surface area contributed by atoms with E-state index in [0.717, 1.165) is 5.82 Å². The van der Waals surface area contributed by atoms with Crippen molar-refractivity contribution < 1.29 is 0 Å². The number of hydrogen-bond acceptors (Lipinski definition) is 2. The van der Waals surface area contributed by atoms with Crippen LogP contribution in [0.2, 0.25) is 0 Å². The minimum Gasteiger partial charge on any atom is -0.337 e. The first-order valence-corrected chi connectivity index (χ1v) is 6.37.